The lowest BCUT2D eigenvalue weighted by Gasteiger charge is -2.13. The molecule has 0 bridgehead atoms. The molecule has 1 saturated carbocycles. The molecule has 0 N–H and O–H groups in total. The van der Waals surface area contributed by atoms with E-state index < -0.39 is 0 Å². The molecular formula is C17H18O. The third kappa shape index (κ3) is 2.02. The molecule has 1 aliphatic heterocycles. The summed E-state index contributed by atoms with van der Waals surface area (Å²) >= 11 is 0. The van der Waals surface area contributed by atoms with Gasteiger partial charge in [-0.05, 0) is 42.0 Å². The maximum atomic E-state index is 5.32. The molecule has 0 aromatic heterocycles. The molecule has 1 aromatic rings. The van der Waals surface area contributed by atoms with Crippen LogP contribution >= 0.6 is 0 Å². The van der Waals surface area contributed by atoms with Crippen LogP contribution in [0.15, 0.2) is 53.5 Å². The first-order valence-electron chi connectivity index (χ1n) is 6.73. The van der Waals surface area contributed by atoms with E-state index in [-0.39, 0.29) is 0 Å². The zero-order valence-electron chi connectivity index (χ0n) is 10.8. The van der Waals surface area contributed by atoms with Gasteiger partial charge in [-0.1, -0.05) is 36.9 Å². The molecule has 2 aliphatic rings. The van der Waals surface area contributed by atoms with Crippen molar-refractivity contribution in [1.82, 2.24) is 0 Å². The second kappa shape index (κ2) is 4.88. The third-order valence-electron chi connectivity index (χ3n) is 3.91. The number of benzene rings is 1. The molecule has 0 amide bonds. The monoisotopic (exact) mass is 238 g/mol. The Hall–Kier alpha value is -1.72. The normalized spacial score (nSPS) is 21.7. The van der Waals surface area contributed by atoms with Crippen LogP contribution in [0.25, 0.3) is 0 Å². The van der Waals surface area contributed by atoms with Crippen molar-refractivity contribution in [1.29, 1.82) is 0 Å². The summed E-state index contributed by atoms with van der Waals surface area (Å²) in [5, 5.41) is 0. The minimum Gasteiger partial charge on any atom is -0.489 e. The molecule has 1 fully saturated rings. The molecule has 1 aliphatic carbocycles. The fourth-order valence-electron chi connectivity index (χ4n) is 2.85. The molecule has 1 atom stereocenters. The average molecular weight is 238 g/mol. The maximum Gasteiger partial charge on any atom is 0.126 e. The van der Waals surface area contributed by atoms with Crippen molar-refractivity contribution in [3.63, 3.8) is 0 Å². The molecule has 18 heavy (non-hydrogen) atoms. The predicted octanol–water partition coefficient (Wildman–Crippen LogP) is 4.12. The van der Waals surface area contributed by atoms with E-state index in [0.717, 1.165) is 12.8 Å². The van der Waals surface area contributed by atoms with Crippen molar-refractivity contribution >= 4 is 0 Å². The van der Waals surface area contributed by atoms with E-state index in [0.29, 0.717) is 12.5 Å². The molecule has 1 heteroatoms. The van der Waals surface area contributed by atoms with Gasteiger partial charge in [-0.25, -0.2) is 0 Å². The highest BCUT2D eigenvalue weighted by molar-refractivity contribution is 5.46. The van der Waals surface area contributed by atoms with Gasteiger partial charge < -0.3 is 4.74 Å². The summed E-state index contributed by atoms with van der Waals surface area (Å²) in [7, 11) is 0. The van der Waals surface area contributed by atoms with E-state index >= 15 is 0 Å². The molecular weight excluding hydrogens is 220 g/mol. The summed E-state index contributed by atoms with van der Waals surface area (Å²) in [4.78, 5) is 0. The third-order valence-corrected chi connectivity index (χ3v) is 3.91. The first kappa shape index (κ1) is 11.4. The van der Waals surface area contributed by atoms with Crippen LogP contribution in [0.5, 0.6) is 0 Å². The highest BCUT2D eigenvalue weighted by atomic mass is 16.5. The molecule has 0 saturated heterocycles. The van der Waals surface area contributed by atoms with Crippen molar-refractivity contribution < 1.29 is 4.74 Å². The molecule has 1 heterocycles. The Labute approximate surface area is 108 Å². The molecule has 1 nitrogen and oxygen atoms in total. The first-order valence-corrected chi connectivity index (χ1v) is 6.73. The van der Waals surface area contributed by atoms with Gasteiger partial charge in [-0.15, -0.1) is 0 Å². The number of fused-ring (bicyclic) bond motifs is 1. The van der Waals surface area contributed by atoms with Crippen LogP contribution in [0.2, 0.25) is 0 Å². The Bertz CT molecular complexity index is 527. The van der Waals surface area contributed by atoms with Crippen molar-refractivity contribution in [2.75, 3.05) is 6.61 Å². The minimum atomic E-state index is 0.536. The number of ether oxygens (including phenoxy) is 1. The van der Waals surface area contributed by atoms with Crippen LogP contribution < -0.4 is 0 Å². The van der Waals surface area contributed by atoms with Gasteiger partial charge in [0.2, 0.25) is 0 Å². The van der Waals surface area contributed by atoms with Crippen molar-refractivity contribution in [2.45, 2.75) is 32.1 Å². The minimum absolute atomic E-state index is 0.536. The summed E-state index contributed by atoms with van der Waals surface area (Å²) in [6, 6.07) is 9.06. The van der Waals surface area contributed by atoms with Gasteiger partial charge in [0.1, 0.15) is 12.9 Å². The van der Waals surface area contributed by atoms with E-state index in [2.05, 4.69) is 43.0 Å². The van der Waals surface area contributed by atoms with Crippen molar-refractivity contribution in [2.24, 2.45) is 0 Å². The molecule has 1 aromatic carbocycles. The Morgan fingerprint density at radius 1 is 1.28 bits per heavy atom. The van der Waals surface area contributed by atoms with E-state index in [1.54, 1.807) is 6.26 Å². The Morgan fingerprint density at radius 3 is 2.89 bits per heavy atom. The number of hydrogen-bond acceptors (Lipinski definition) is 1. The maximum absolute atomic E-state index is 5.32. The van der Waals surface area contributed by atoms with E-state index in [1.165, 1.54) is 28.7 Å². The summed E-state index contributed by atoms with van der Waals surface area (Å²) in [6.07, 6.45) is 7.35. The molecule has 0 spiro atoms. The fourth-order valence-corrected chi connectivity index (χ4v) is 2.85. The van der Waals surface area contributed by atoms with E-state index in [9.17, 15) is 0 Å². The highest BCUT2D eigenvalue weighted by Crippen LogP contribution is 2.42. The summed E-state index contributed by atoms with van der Waals surface area (Å²) in [5.41, 5.74) is 8.86. The van der Waals surface area contributed by atoms with Gasteiger partial charge in [0.25, 0.3) is 0 Å². The van der Waals surface area contributed by atoms with Crippen LogP contribution in [0.1, 0.15) is 36.8 Å². The lowest BCUT2D eigenvalue weighted by atomic mass is 9.91. The van der Waals surface area contributed by atoms with E-state index in [4.69, 9.17) is 4.74 Å². The number of rotatable bonds is 2. The number of allylic oxidation sites excluding steroid dienone is 2. The second-order valence-corrected chi connectivity index (χ2v) is 4.92. The van der Waals surface area contributed by atoms with Crippen molar-refractivity contribution in [3.05, 3.63) is 64.6 Å². The summed E-state index contributed by atoms with van der Waals surface area (Å²) < 4.78 is 5.32. The quantitative estimate of drug-likeness (QED) is 0.704. The van der Waals surface area contributed by atoms with Gasteiger partial charge in [0, 0.05) is 11.5 Å². The predicted molar refractivity (Wildman–Crippen MR) is 73.4 cm³/mol. The summed E-state index contributed by atoms with van der Waals surface area (Å²) in [6.45, 7) is 2.87. The van der Waals surface area contributed by atoms with Crippen LogP contribution in [0.3, 0.4) is 0 Å². The van der Waals surface area contributed by atoms with E-state index in [1.807, 2.05) is 0 Å². The molecule has 92 valence electrons. The van der Waals surface area contributed by atoms with Gasteiger partial charge >= 0.3 is 0 Å². The van der Waals surface area contributed by atoms with Crippen LogP contribution in [-0.2, 0) is 11.2 Å². The lowest BCUT2D eigenvalue weighted by molar-refractivity contribution is 0.290. The largest absolute Gasteiger partial charge is 0.489 e. The first-order chi connectivity index (χ1) is 8.88. The second-order valence-electron chi connectivity index (χ2n) is 4.92. The Kier molecular flexibility index (Phi) is 3.08. The summed E-state index contributed by atoms with van der Waals surface area (Å²) in [5.74, 6) is 0.536. The topological polar surface area (TPSA) is 9.23 Å². The highest BCUT2D eigenvalue weighted by Gasteiger charge is 2.27. The standard InChI is InChI=1S/C17H18O/c1-2-13-3-5-14(6-4-13)16-8-7-15-9-11-18-12-10-17(15)16/h3-6,10-11,16H,2,7-8,12H2,1H3. The van der Waals surface area contributed by atoms with Gasteiger partial charge in [0.15, 0.2) is 0 Å². The average Bonchev–Trinajstić information content (AvgIpc) is 2.68. The Morgan fingerprint density at radius 2 is 2.11 bits per heavy atom. The number of hydrogen-bond donors (Lipinski definition) is 0. The van der Waals surface area contributed by atoms with Crippen LogP contribution in [0.4, 0.5) is 0 Å². The van der Waals surface area contributed by atoms with Crippen molar-refractivity contribution in [3.8, 4) is 0 Å². The zero-order valence-corrected chi connectivity index (χ0v) is 10.8. The SMILES string of the molecule is CCc1ccc(C2CCC3=C=COCC=C32)cc1. The number of aryl methyl sites for hydroxylation is 1. The van der Waals surface area contributed by atoms with Crippen LogP contribution in [0, 0.1) is 0 Å². The molecule has 0 radical (unpaired) electrons. The zero-order chi connectivity index (χ0) is 12.4. The fraction of sp³-hybridized carbons (Fsp3) is 0.353. The lowest BCUT2D eigenvalue weighted by Crippen LogP contribution is -1.97. The van der Waals surface area contributed by atoms with Gasteiger partial charge in [-0.2, -0.15) is 0 Å². The Balaban J connectivity index is 1.93. The van der Waals surface area contributed by atoms with Gasteiger partial charge in [0.05, 0.1) is 0 Å². The van der Waals surface area contributed by atoms with Crippen LogP contribution in [-0.4, -0.2) is 6.61 Å². The van der Waals surface area contributed by atoms with Gasteiger partial charge in [-0.3, -0.25) is 0 Å². The molecule has 3 rings (SSSR count). The molecule has 1 unspecified atom stereocenters. The smallest absolute Gasteiger partial charge is 0.126 e.